The lowest BCUT2D eigenvalue weighted by Crippen LogP contribution is -2.44. The Morgan fingerprint density at radius 2 is 1.86 bits per heavy atom. The van der Waals surface area contributed by atoms with Gasteiger partial charge in [-0.25, -0.2) is 4.79 Å². The van der Waals surface area contributed by atoms with Crippen LogP contribution in [0.2, 0.25) is 0 Å². The number of likely N-dealkylation sites (tertiary alicyclic amines) is 1. The van der Waals surface area contributed by atoms with Gasteiger partial charge >= 0.3 is 11.9 Å². The zero-order valence-corrected chi connectivity index (χ0v) is 11.1. The van der Waals surface area contributed by atoms with Crippen molar-refractivity contribution in [3.8, 4) is 5.75 Å². The lowest BCUT2D eigenvalue weighted by Gasteiger charge is -2.24. The molecule has 1 amide bonds. The van der Waals surface area contributed by atoms with Crippen LogP contribution in [-0.4, -0.2) is 50.7 Å². The second kappa shape index (κ2) is 5.82. The number of carboxylic acids is 2. The average molecular weight is 293 g/mol. The van der Waals surface area contributed by atoms with E-state index in [1.54, 1.807) is 12.1 Å². The Bertz CT molecular complexity index is 567. The normalized spacial score (nSPS) is 19.5. The van der Waals surface area contributed by atoms with Crippen LogP contribution in [0.3, 0.4) is 0 Å². The highest BCUT2D eigenvalue weighted by Crippen LogP contribution is 2.23. The molecular formula is C14H15NO6. The van der Waals surface area contributed by atoms with E-state index in [1.807, 2.05) is 0 Å². The molecule has 2 atom stereocenters. The first-order valence-corrected chi connectivity index (χ1v) is 6.41. The molecule has 0 radical (unpaired) electrons. The molecule has 1 aliphatic rings. The van der Waals surface area contributed by atoms with Gasteiger partial charge in [0, 0.05) is 19.4 Å². The Morgan fingerprint density at radius 1 is 1.24 bits per heavy atom. The summed E-state index contributed by atoms with van der Waals surface area (Å²) in [4.78, 5) is 35.3. The van der Waals surface area contributed by atoms with Crippen LogP contribution in [0.25, 0.3) is 0 Å². The van der Waals surface area contributed by atoms with Gasteiger partial charge in [0.1, 0.15) is 11.8 Å². The summed E-state index contributed by atoms with van der Waals surface area (Å²) in [5.74, 6) is -3.54. The Hall–Kier alpha value is -2.57. The van der Waals surface area contributed by atoms with Crippen LogP contribution in [0.5, 0.6) is 5.75 Å². The summed E-state index contributed by atoms with van der Waals surface area (Å²) in [5.41, 5.74) is 0.645. The number of rotatable bonds is 5. The van der Waals surface area contributed by atoms with Crippen molar-refractivity contribution in [2.45, 2.75) is 18.9 Å². The fourth-order valence-electron chi connectivity index (χ4n) is 2.38. The van der Waals surface area contributed by atoms with Gasteiger partial charge in [0.25, 0.3) is 0 Å². The first-order valence-electron chi connectivity index (χ1n) is 6.41. The van der Waals surface area contributed by atoms with E-state index in [1.165, 1.54) is 12.1 Å². The summed E-state index contributed by atoms with van der Waals surface area (Å²) < 4.78 is 0. The van der Waals surface area contributed by atoms with Crippen molar-refractivity contribution < 1.29 is 29.7 Å². The van der Waals surface area contributed by atoms with Crippen molar-refractivity contribution in [3.05, 3.63) is 29.8 Å². The minimum absolute atomic E-state index is 0.0632. The standard InChI is InChI=1S/C14H15NO6/c16-10-3-1-8(2-4-10)5-11(14(20)21)15-7-9(13(18)19)6-12(15)17/h1-4,9,11,16H,5-7H2,(H,18,19)(H,20,21)/t9?,11-/m0/s1. The highest BCUT2D eigenvalue weighted by atomic mass is 16.4. The summed E-state index contributed by atoms with van der Waals surface area (Å²) in [5, 5.41) is 27.4. The van der Waals surface area contributed by atoms with Gasteiger partial charge < -0.3 is 20.2 Å². The molecule has 0 aliphatic carbocycles. The first kappa shape index (κ1) is 14.8. The molecule has 1 unspecified atom stereocenters. The van der Waals surface area contributed by atoms with Crippen LogP contribution >= 0.6 is 0 Å². The number of phenols is 1. The van der Waals surface area contributed by atoms with E-state index in [9.17, 15) is 24.6 Å². The number of carbonyl (C=O) groups excluding carboxylic acids is 1. The SMILES string of the molecule is O=C(O)C1CC(=O)N([C@@H](Cc2ccc(O)cc2)C(=O)O)C1. The van der Waals surface area contributed by atoms with Gasteiger partial charge in [0.2, 0.25) is 5.91 Å². The number of nitrogens with zero attached hydrogens (tertiary/aromatic N) is 1. The van der Waals surface area contributed by atoms with Crippen LogP contribution in [0.15, 0.2) is 24.3 Å². The van der Waals surface area contributed by atoms with Crippen LogP contribution in [0.4, 0.5) is 0 Å². The molecule has 0 bridgehead atoms. The highest BCUT2D eigenvalue weighted by Gasteiger charge is 2.40. The monoisotopic (exact) mass is 293 g/mol. The molecule has 1 fully saturated rings. The molecule has 1 aromatic carbocycles. The second-order valence-corrected chi connectivity index (χ2v) is 5.01. The first-order chi connectivity index (χ1) is 9.88. The van der Waals surface area contributed by atoms with Crippen molar-refractivity contribution in [1.29, 1.82) is 0 Å². The van der Waals surface area contributed by atoms with E-state index in [0.29, 0.717) is 5.56 Å². The fourth-order valence-corrected chi connectivity index (χ4v) is 2.38. The Kier molecular flexibility index (Phi) is 4.11. The van der Waals surface area contributed by atoms with Gasteiger partial charge in [0.05, 0.1) is 5.92 Å². The molecule has 7 nitrogen and oxygen atoms in total. The maximum atomic E-state index is 11.8. The van der Waals surface area contributed by atoms with E-state index in [4.69, 9.17) is 5.11 Å². The fraction of sp³-hybridized carbons (Fsp3) is 0.357. The highest BCUT2D eigenvalue weighted by molar-refractivity contribution is 5.89. The predicted octanol–water partition coefficient (Wildman–Crippen LogP) is 0.321. The van der Waals surface area contributed by atoms with Crippen molar-refractivity contribution in [2.75, 3.05) is 6.54 Å². The zero-order valence-electron chi connectivity index (χ0n) is 11.1. The quantitative estimate of drug-likeness (QED) is 0.720. The summed E-state index contributed by atoms with van der Waals surface area (Å²) in [7, 11) is 0. The lowest BCUT2D eigenvalue weighted by atomic mass is 10.0. The van der Waals surface area contributed by atoms with E-state index >= 15 is 0 Å². The number of amides is 1. The molecule has 1 aliphatic heterocycles. The third kappa shape index (κ3) is 3.31. The number of hydrogen-bond acceptors (Lipinski definition) is 4. The Balaban J connectivity index is 2.16. The number of aliphatic carboxylic acids is 2. The Morgan fingerprint density at radius 3 is 2.33 bits per heavy atom. The molecular weight excluding hydrogens is 278 g/mol. The summed E-state index contributed by atoms with van der Waals surface area (Å²) in [6, 6.07) is 4.90. The minimum Gasteiger partial charge on any atom is -0.508 e. The third-order valence-corrected chi connectivity index (χ3v) is 3.53. The largest absolute Gasteiger partial charge is 0.508 e. The van der Waals surface area contributed by atoms with Gasteiger partial charge in [-0.2, -0.15) is 0 Å². The topological polar surface area (TPSA) is 115 Å². The maximum absolute atomic E-state index is 11.8. The maximum Gasteiger partial charge on any atom is 0.326 e. The summed E-state index contributed by atoms with van der Waals surface area (Å²) in [6.07, 6.45) is -0.109. The molecule has 1 aromatic rings. The third-order valence-electron chi connectivity index (χ3n) is 3.53. The van der Waals surface area contributed by atoms with Gasteiger partial charge in [-0.05, 0) is 17.7 Å². The van der Waals surface area contributed by atoms with Crippen LogP contribution in [0.1, 0.15) is 12.0 Å². The molecule has 1 saturated heterocycles. The van der Waals surface area contributed by atoms with Crippen molar-refractivity contribution in [2.24, 2.45) is 5.92 Å². The minimum atomic E-state index is -1.18. The Labute approximate surface area is 120 Å². The smallest absolute Gasteiger partial charge is 0.326 e. The van der Waals surface area contributed by atoms with Crippen LogP contribution in [-0.2, 0) is 20.8 Å². The number of carboxylic acid groups (broad SMARTS) is 2. The number of phenolic OH excluding ortho intramolecular Hbond substituents is 1. The molecule has 21 heavy (non-hydrogen) atoms. The van der Waals surface area contributed by atoms with E-state index in [2.05, 4.69) is 0 Å². The number of carbonyl (C=O) groups is 3. The van der Waals surface area contributed by atoms with E-state index < -0.39 is 29.8 Å². The van der Waals surface area contributed by atoms with Crippen LogP contribution < -0.4 is 0 Å². The summed E-state index contributed by atoms with van der Waals surface area (Å²) >= 11 is 0. The lowest BCUT2D eigenvalue weighted by molar-refractivity contribution is -0.148. The van der Waals surface area contributed by atoms with Gasteiger partial charge in [-0.15, -0.1) is 0 Å². The van der Waals surface area contributed by atoms with Gasteiger partial charge in [0.15, 0.2) is 0 Å². The molecule has 0 spiro atoms. The molecule has 3 N–H and O–H groups in total. The number of benzene rings is 1. The van der Waals surface area contributed by atoms with E-state index in [0.717, 1.165) is 4.90 Å². The molecule has 7 heteroatoms. The van der Waals surface area contributed by atoms with Crippen molar-refractivity contribution >= 4 is 17.8 Å². The van der Waals surface area contributed by atoms with Gasteiger partial charge in [-0.3, -0.25) is 9.59 Å². The predicted molar refractivity (Wildman–Crippen MR) is 70.7 cm³/mol. The van der Waals surface area contributed by atoms with Crippen molar-refractivity contribution in [3.63, 3.8) is 0 Å². The molecule has 0 aromatic heterocycles. The molecule has 112 valence electrons. The van der Waals surface area contributed by atoms with Crippen molar-refractivity contribution in [1.82, 2.24) is 4.90 Å². The number of aromatic hydroxyl groups is 1. The van der Waals surface area contributed by atoms with Crippen LogP contribution in [0, 0.1) is 5.92 Å². The molecule has 2 rings (SSSR count). The number of hydrogen-bond donors (Lipinski definition) is 3. The molecule has 0 saturated carbocycles. The zero-order chi connectivity index (χ0) is 15.6. The summed E-state index contributed by atoms with van der Waals surface area (Å²) in [6.45, 7) is -0.0940. The second-order valence-electron chi connectivity index (χ2n) is 5.01. The van der Waals surface area contributed by atoms with Gasteiger partial charge in [-0.1, -0.05) is 12.1 Å². The average Bonchev–Trinajstić information content (AvgIpc) is 2.80. The van der Waals surface area contributed by atoms with E-state index in [-0.39, 0.29) is 25.1 Å². The molecule has 1 heterocycles.